The minimum Gasteiger partial charge on any atom is -0.432 e. The van der Waals surface area contributed by atoms with Gasteiger partial charge in [0.05, 0.1) is 10.7 Å². The first-order valence-corrected chi connectivity index (χ1v) is 7.73. The lowest BCUT2D eigenvalue weighted by Crippen LogP contribution is -2.22. The molecule has 0 bridgehead atoms. The van der Waals surface area contributed by atoms with Gasteiger partial charge in [-0.3, -0.25) is 0 Å². The van der Waals surface area contributed by atoms with Gasteiger partial charge in [-0.25, -0.2) is 15.0 Å². The zero-order valence-corrected chi connectivity index (χ0v) is 12.7. The molecule has 1 aliphatic heterocycles. The van der Waals surface area contributed by atoms with Crippen LogP contribution in [0.15, 0.2) is 87.2 Å². The molecule has 2 heterocycles. The SMILES string of the molecule is [c]1nc2c(C3(c4ccccc4)N=c4ccccc4=N3)cccc2o1. The van der Waals surface area contributed by atoms with E-state index in [1.54, 1.807) is 0 Å². The van der Waals surface area contributed by atoms with Gasteiger partial charge in [-0.05, 0) is 18.2 Å². The largest absolute Gasteiger partial charge is 0.432 e. The Morgan fingerprint density at radius 3 is 2.21 bits per heavy atom. The monoisotopic (exact) mass is 310 g/mol. The van der Waals surface area contributed by atoms with Gasteiger partial charge in [-0.2, -0.15) is 0 Å². The molecule has 0 fully saturated rings. The molecule has 1 aromatic heterocycles. The van der Waals surface area contributed by atoms with E-state index < -0.39 is 5.66 Å². The molecular formula is C20H12N3O. The molecule has 24 heavy (non-hydrogen) atoms. The van der Waals surface area contributed by atoms with Crippen LogP contribution in [0.3, 0.4) is 0 Å². The molecule has 1 radical (unpaired) electrons. The summed E-state index contributed by atoms with van der Waals surface area (Å²) in [7, 11) is 0. The van der Waals surface area contributed by atoms with Gasteiger partial charge < -0.3 is 4.42 Å². The first-order chi connectivity index (χ1) is 11.9. The summed E-state index contributed by atoms with van der Waals surface area (Å²) in [4.78, 5) is 14.3. The third-order valence-corrected chi connectivity index (χ3v) is 4.31. The maximum absolute atomic E-state index is 5.36. The van der Waals surface area contributed by atoms with Gasteiger partial charge >= 0.3 is 0 Å². The highest BCUT2D eigenvalue weighted by Crippen LogP contribution is 2.38. The van der Waals surface area contributed by atoms with E-state index in [0.29, 0.717) is 5.58 Å². The molecule has 0 saturated carbocycles. The van der Waals surface area contributed by atoms with Crippen molar-refractivity contribution in [2.75, 3.05) is 0 Å². The van der Waals surface area contributed by atoms with Crippen LogP contribution in [0.5, 0.6) is 0 Å². The first-order valence-electron chi connectivity index (χ1n) is 7.73. The minimum atomic E-state index is -0.852. The molecule has 4 aromatic rings. The third kappa shape index (κ3) is 1.77. The normalized spacial score (nSPS) is 14.8. The van der Waals surface area contributed by atoms with Crippen LogP contribution in [0.2, 0.25) is 0 Å². The fourth-order valence-corrected chi connectivity index (χ4v) is 3.22. The second kappa shape index (κ2) is 4.86. The van der Waals surface area contributed by atoms with Crippen LogP contribution in [-0.4, -0.2) is 4.98 Å². The van der Waals surface area contributed by atoms with Crippen molar-refractivity contribution in [3.63, 3.8) is 0 Å². The quantitative estimate of drug-likeness (QED) is 0.571. The Hall–Kier alpha value is -3.27. The second-order valence-electron chi connectivity index (χ2n) is 5.71. The van der Waals surface area contributed by atoms with Crippen molar-refractivity contribution in [2.24, 2.45) is 9.98 Å². The van der Waals surface area contributed by atoms with Gasteiger partial charge in [0.25, 0.3) is 6.39 Å². The summed E-state index contributed by atoms with van der Waals surface area (Å²) in [6.07, 6.45) is 2.58. The highest BCUT2D eigenvalue weighted by atomic mass is 16.3. The summed E-state index contributed by atoms with van der Waals surface area (Å²) in [5.74, 6) is 0. The number of para-hydroxylation sites is 3. The Kier molecular flexibility index (Phi) is 2.67. The number of aromatic nitrogens is 1. The summed E-state index contributed by atoms with van der Waals surface area (Å²) in [6.45, 7) is 0. The molecule has 0 unspecified atom stereocenters. The molecule has 0 aliphatic carbocycles. The van der Waals surface area contributed by atoms with Crippen molar-refractivity contribution in [3.8, 4) is 0 Å². The van der Waals surface area contributed by atoms with Crippen molar-refractivity contribution in [3.05, 3.63) is 101 Å². The molecule has 1 aliphatic rings. The molecule has 0 atom stereocenters. The Morgan fingerprint density at radius 2 is 1.46 bits per heavy atom. The molecular weight excluding hydrogens is 298 g/mol. The maximum atomic E-state index is 5.36. The number of nitrogens with zero attached hydrogens (tertiary/aromatic N) is 3. The van der Waals surface area contributed by atoms with Crippen molar-refractivity contribution in [2.45, 2.75) is 5.66 Å². The van der Waals surface area contributed by atoms with E-state index in [1.807, 2.05) is 72.8 Å². The number of rotatable bonds is 2. The van der Waals surface area contributed by atoms with Crippen LogP contribution in [0.4, 0.5) is 0 Å². The second-order valence-corrected chi connectivity index (χ2v) is 5.71. The average Bonchev–Trinajstić information content (AvgIpc) is 3.27. The zero-order chi connectivity index (χ0) is 16.0. The van der Waals surface area contributed by atoms with E-state index in [1.165, 1.54) is 0 Å². The fraction of sp³-hybridized carbons (Fsp3) is 0.0500. The van der Waals surface area contributed by atoms with E-state index in [9.17, 15) is 0 Å². The van der Waals surface area contributed by atoms with Crippen LogP contribution in [0.1, 0.15) is 11.1 Å². The molecule has 0 saturated heterocycles. The van der Waals surface area contributed by atoms with Gasteiger partial charge in [0, 0.05) is 11.1 Å². The molecule has 0 amide bonds. The summed E-state index contributed by atoms with van der Waals surface area (Å²) in [5, 5.41) is 1.76. The van der Waals surface area contributed by atoms with E-state index >= 15 is 0 Å². The van der Waals surface area contributed by atoms with E-state index in [2.05, 4.69) is 11.4 Å². The smallest absolute Gasteiger partial charge is 0.284 e. The van der Waals surface area contributed by atoms with Gasteiger partial charge in [-0.15, -0.1) is 0 Å². The Balaban J connectivity index is 1.91. The topological polar surface area (TPSA) is 50.8 Å². The number of fused-ring (bicyclic) bond motifs is 2. The lowest BCUT2D eigenvalue weighted by Gasteiger charge is -2.24. The fourth-order valence-electron chi connectivity index (χ4n) is 3.22. The van der Waals surface area contributed by atoms with Crippen molar-refractivity contribution in [1.29, 1.82) is 0 Å². The van der Waals surface area contributed by atoms with Crippen LogP contribution in [-0.2, 0) is 5.66 Å². The molecule has 4 heteroatoms. The van der Waals surface area contributed by atoms with Gasteiger partial charge in [0.2, 0.25) is 5.66 Å². The molecule has 4 nitrogen and oxygen atoms in total. The molecule has 113 valence electrons. The molecule has 3 aromatic carbocycles. The third-order valence-electron chi connectivity index (χ3n) is 4.31. The summed E-state index contributed by atoms with van der Waals surface area (Å²) >= 11 is 0. The number of hydrogen-bond acceptors (Lipinski definition) is 4. The summed E-state index contributed by atoms with van der Waals surface area (Å²) < 4.78 is 5.36. The van der Waals surface area contributed by atoms with Crippen LogP contribution >= 0.6 is 0 Å². The Morgan fingerprint density at radius 1 is 0.750 bits per heavy atom. The standard InChI is InChI=1S/C20H12N3O/c1-2-7-14(8-3-1)20(22-16-10-4-5-11-17(16)23-20)15-9-6-12-18-19(15)21-13-24-18/h1-12H. The minimum absolute atomic E-state index is 0.684. The van der Waals surface area contributed by atoms with Crippen LogP contribution in [0.25, 0.3) is 11.1 Å². The molecule has 0 N–H and O–H groups in total. The Bertz CT molecular complexity index is 1130. The number of hydrogen-bond donors (Lipinski definition) is 0. The predicted octanol–water partition coefficient (Wildman–Crippen LogP) is 2.78. The summed E-state index contributed by atoms with van der Waals surface area (Å²) in [5.41, 5.74) is 2.46. The molecule has 5 rings (SSSR count). The molecule has 0 spiro atoms. The highest BCUT2D eigenvalue weighted by Gasteiger charge is 2.37. The lowest BCUT2D eigenvalue weighted by molar-refractivity contribution is 0.573. The van der Waals surface area contributed by atoms with Crippen molar-refractivity contribution < 1.29 is 4.42 Å². The van der Waals surface area contributed by atoms with Crippen molar-refractivity contribution in [1.82, 2.24) is 4.98 Å². The maximum Gasteiger partial charge on any atom is 0.284 e. The number of benzene rings is 3. The highest BCUT2D eigenvalue weighted by molar-refractivity contribution is 5.78. The predicted molar refractivity (Wildman–Crippen MR) is 88.8 cm³/mol. The summed E-state index contributed by atoms with van der Waals surface area (Å²) in [6, 6.07) is 23.8. The van der Waals surface area contributed by atoms with E-state index in [-0.39, 0.29) is 0 Å². The van der Waals surface area contributed by atoms with Crippen LogP contribution < -0.4 is 10.7 Å². The van der Waals surface area contributed by atoms with Gasteiger partial charge in [-0.1, -0.05) is 54.6 Å². The first kappa shape index (κ1) is 13.2. The van der Waals surface area contributed by atoms with Gasteiger partial charge in [0.1, 0.15) is 5.52 Å². The van der Waals surface area contributed by atoms with Gasteiger partial charge in [0.15, 0.2) is 5.58 Å². The van der Waals surface area contributed by atoms with Crippen LogP contribution in [0, 0.1) is 6.39 Å². The van der Waals surface area contributed by atoms with Crippen molar-refractivity contribution >= 4 is 11.1 Å². The zero-order valence-electron chi connectivity index (χ0n) is 12.7. The van der Waals surface area contributed by atoms with E-state index in [4.69, 9.17) is 14.4 Å². The van der Waals surface area contributed by atoms with E-state index in [0.717, 1.165) is 27.4 Å². The number of oxazole rings is 1. The Labute approximate surface area is 137 Å². The average molecular weight is 310 g/mol. The lowest BCUT2D eigenvalue weighted by atomic mass is 9.91.